The van der Waals surface area contributed by atoms with E-state index in [0.717, 1.165) is 36.4 Å². The molecule has 2 N–H and O–H groups in total. The lowest BCUT2D eigenvalue weighted by atomic mass is 10.1. The molecule has 25 heavy (non-hydrogen) atoms. The molecule has 1 aliphatic rings. The molecule has 1 heterocycles. The minimum Gasteiger partial charge on any atom is -0.392 e. The van der Waals surface area contributed by atoms with Crippen molar-refractivity contribution in [2.75, 3.05) is 36.9 Å². The number of aliphatic hydroxyl groups excluding tert-OH is 1. The Labute approximate surface area is 148 Å². The maximum atomic E-state index is 12.4. The summed E-state index contributed by atoms with van der Waals surface area (Å²) in [5.41, 5.74) is 2.79. The summed E-state index contributed by atoms with van der Waals surface area (Å²) in [5, 5.41) is 12.8. The second-order valence-electron chi connectivity index (χ2n) is 6.49. The highest BCUT2D eigenvalue weighted by Gasteiger charge is 2.20. The summed E-state index contributed by atoms with van der Waals surface area (Å²) >= 11 is 0. The predicted molar refractivity (Wildman–Crippen MR) is 101 cm³/mol. The van der Waals surface area contributed by atoms with Gasteiger partial charge in [-0.1, -0.05) is 30.3 Å². The summed E-state index contributed by atoms with van der Waals surface area (Å²) in [4.78, 5) is 16.5. The summed E-state index contributed by atoms with van der Waals surface area (Å²) in [6, 6.07) is 17.8. The van der Waals surface area contributed by atoms with E-state index in [2.05, 4.69) is 10.2 Å². The Hall–Kier alpha value is -2.37. The van der Waals surface area contributed by atoms with Gasteiger partial charge in [-0.05, 0) is 43.7 Å². The van der Waals surface area contributed by atoms with Crippen molar-refractivity contribution < 1.29 is 9.90 Å². The van der Waals surface area contributed by atoms with Crippen LogP contribution in [-0.4, -0.2) is 48.7 Å². The lowest BCUT2D eigenvalue weighted by molar-refractivity contribution is -0.118. The van der Waals surface area contributed by atoms with Crippen molar-refractivity contribution in [2.45, 2.75) is 18.9 Å². The molecule has 3 rings (SSSR count). The van der Waals surface area contributed by atoms with Gasteiger partial charge in [-0.2, -0.15) is 0 Å². The van der Waals surface area contributed by atoms with E-state index in [1.54, 1.807) is 0 Å². The molecule has 1 aliphatic heterocycles. The van der Waals surface area contributed by atoms with Crippen molar-refractivity contribution >= 4 is 23.0 Å². The fourth-order valence-corrected chi connectivity index (χ4v) is 3.23. The van der Waals surface area contributed by atoms with Crippen molar-refractivity contribution in [3.05, 3.63) is 54.6 Å². The summed E-state index contributed by atoms with van der Waals surface area (Å²) in [6.45, 7) is 1.73. The number of nitrogens with one attached hydrogen (secondary N) is 1. The molecule has 0 aromatic heterocycles. The fourth-order valence-electron chi connectivity index (χ4n) is 3.23. The topological polar surface area (TPSA) is 55.8 Å². The number of carbonyl (C=O) groups is 1. The maximum absolute atomic E-state index is 12.4. The monoisotopic (exact) mass is 339 g/mol. The first kappa shape index (κ1) is 17.5. The normalized spacial score (nSPS) is 17.9. The number of para-hydroxylation sites is 3. The Morgan fingerprint density at radius 3 is 2.68 bits per heavy atom. The number of β-amino-alcohol motifs (C(OH)–C–C–N with tert-alkyl or cyclic N) is 1. The van der Waals surface area contributed by atoms with Gasteiger partial charge in [-0.3, -0.25) is 9.69 Å². The number of carbonyl (C=O) groups excluding carboxylic acids is 1. The molecule has 132 valence electrons. The Morgan fingerprint density at radius 1 is 1.20 bits per heavy atom. The van der Waals surface area contributed by atoms with Crippen LogP contribution in [0.25, 0.3) is 0 Å². The SMILES string of the molecule is CN(c1ccccc1)c1ccccc1NC(=O)CN1CCC[C@H](O)C1. The summed E-state index contributed by atoms with van der Waals surface area (Å²) in [6.07, 6.45) is 1.43. The number of nitrogens with zero attached hydrogens (tertiary/aromatic N) is 2. The van der Waals surface area contributed by atoms with Crippen LogP contribution in [0.5, 0.6) is 0 Å². The van der Waals surface area contributed by atoms with Crippen LogP contribution in [0, 0.1) is 0 Å². The molecule has 2 aromatic rings. The molecule has 0 aliphatic carbocycles. The van der Waals surface area contributed by atoms with E-state index < -0.39 is 0 Å². The Balaban J connectivity index is 1.69. The third-order valence-corrected chi connectivity index (χ3v) is 4.53. The van der Waals surface area contributed by atoms with Crippen LogP contribution in [0.3, 0.4) is 0 Å². The van der Waals surface area contributed by atoms with Gasteiger partial charge in [0.15, 0.2) is 0 Å². The van der Waals surface area contributed by atoms with Crippen LogP contribution in [-0.2, 0) is 4.79 Å². The largest absolute Gasteiger partial charge is 0.392 e. The van der Waals surface area contributed by atoms with Crippen LogP contribution < -0.4 is 10.2 Å². The van der Waals surface area contributed by atoms with Gasteiger partial charge in [0.2, 0.25) is 5.91 Å². The summed E-state index contributed by atoms with van der Waals surface area (Å²) in [5.74, 6) is -0.0528. The average molecular weight is 339 g/mol. The number of hydrogen-bond donors (Lipinski definition) is 2. The number of rotatable bonds is 5. The van der Waals surface area contributed by atoms with Crippen molar-refractivity contribution in [1.29, 1.82) is 0 Å². The Bertz CT molecular complexity index is 705. The van der Waals surface area contributed by atoms with E-state index in [-0.39, 0.29) is 12.0 Å². The van der Waals surface area contributed by atoms with Crippen LogP contribution in [0.4, 0.5) is 17.1 Å². The second kappa shape index (κ2) is 8.14. The molecule has 0 saturated carbocycles. The van der Waals surface area contributed by atoms with E-state index in [9.17, 15) is 9.90 Å². The zero-order chi connectivity index (χ0) is 17.6. The Morgan fingerprint density at radius 2 is 1.92 bits per heavy atom. The van der Waals surface area contributed by atoms with Gasteiger partial charge in [-0.25, -0.2) is 0 Å². The van der Waals surface area contributed by atoms with Crippen molar-refractivity contribution in [3.63, 3.8) is 0 Å². The standard InChI is InChI=1S/C20H25N3O2/c1-22(16-8-3-2-4-9-16)19-12-6-5-11-18(19)21-20(25)15-23-13-7-10-17(24)14-23/h2-6,8-9,11-12,17,24H,7,10,13-15H2,1H3,(H,21,25)/t17-/m0/s1. The smallest absolute Gasteiger partial charge is 0.238 e. The maximum Gasteiger partial charge on any atom is 0.238 e. The fraction of sp³-hybridized carbons (Fsp3) is 0.350. The van der Waals surface area contributed by atoms with Crippen LogP contribution >= 0.6 is 0 Å². The van der Waals surface area contributed by atoms with Gasteiger partial charge < -0.3 is 15.3 Å². The highest BCUT2D eigenvalue weighted by atomic mass is 16.3. The molecule has 1 fully saturated rings. The zero-order valence-electron chi connectivity index (χ0n) is 14.6. The van der Waals surface area contributed by atoms with E-state index in [4.69, 9.17) is 0 Å². The molecule has 0 spiro atoms. The summed E-state index contributed by atoms with van der Waals surface area (Å²) < 4.78 is 0. The molecule has 0 bridgehead atoms. The Kier molecular flexibility index (Phi) is 5.68. The third-order valence-electron chi connectivity index (χ3n) is 4.53. The lowest BCUT2D eigenvalue weighted by Crippen LogP contribution is -2.42. The van der Waals surface area contributed by atoms with Crippen LogP contribution in [0.2, 0.25) is 0 Å². The minimum absolute atomic E-state index is 0.0528. The number of hydrogen-bond acceptors (Lipinski definition) is 4. The van der Waals surface area contributed by atoms with E-state index in [1.165, 1.54) is 0 Å². The molecule has 1 amide bonds. The number of likely N-dealkylation sites (tertiary alicyclic amines) is 1. The molecule has 2 aromatic carbocycles. The quantitative estimate of drug-likeness (QED) is 0.879. The van der Waals surface area contributed by atoms with Crippen LogP contribution in [0.1, 0.15) is 12.8 Å². The predicted octanol–water partition coefficient (Wildman–Crippen LogP) is 2.85. The first-order valence-corrected chi connectivity index (χ1v) is 8.71. The molecule has 5 nitrogen and oxygen atoms in total. The van der Waals surface area contributed by atoms with Crippen molar-refractivity contribution in [2.24, 2.45) is 0 Å². The molecule has 1 atom stereocenters. The number of amides is 1. The van der Waals surface area contributed by atoms with E-state index in [0.29, 0.717) is 13.1 Å². The first-order chi connectivity index (χ1) is 12.1. The number of anilines is 3. The number of piperidine rings is 1. The highest BCUT2D eigenvalue weighted by molar-refractivity contribution is 5.96. The van der Waals surface area contributed by atoms with Crippen molar-refractivity contribution in [1.82, 2.24) is 4.90 Å². The van der Waals surface area contributed by atoms with Gasteiger partial charge >= 0.3 is 0 Å². The molecule has 5 heteroatoms. The molecular formula is C20H25N3O2. The first-order valence-electron chi connectivity index (χ1n) is 8.71. The highest BCUT2D eigenvalue weighted by Crippen LogP contribution is 2.30. The molecule has 0 radical (unpaired) electrons. The van der Waals surface area contributed by atoms with Crippen molar-refractivity contribution in [3.8, 4) is 0 Å². The van der Waals surface area contributed by atoms with Gasteiger partial charge in [0.05, 0.1) is 24.0 Å². The summed E-state index contributed by atoms with van der Waals surface area (Å²) in [7, 11) is 1.99. The lowest BCUT2D eigenvalue weighted by Gasteiger charge is -2.29. The van der Waals surface area contributed by atoms with Gasteiger partial charge in [0.1, 0.15) is 0 Å². The molecule has 1 saturated heterocycles. The van der Waals surface area contributed by atoms with E-state index >= 15 is 0 Å². The van der Waals surface area contributed by atoms with Crippen LogP contribution in [0.15, 0.2) is 54.6 Å². The minimum atomic E-state index is -0.321. The third kappa shape index (κ3) is 4.59. The second-order valence-corrected chi connectivity index (χ2v) is 6.49. The van der Waals surface area contributed by atoms with Gasteiger partial charge in [0, 0.05) is 19.3 Å². The zero-order valence-corrected chi connectivity index (χ0v) is 14.6. The van der Waals surface area contributed by atoms with Gasteiger partial charge in [-0.15, -0.1) is 0 Å². The molecule has 0 unspecified atom stereocenters. The molecular weight excluding hydrogens is 314 g/mol. The van der Waals surface area contributed by atoms with E-state index in [1.807, 2.05) is 66.5 Å². The van der Waals surface area contributed by atoms with Gasteiger partial charge in [0.25, 0.3) is 0 Å². The number of benzene rings is 2. The average Bonchev–Trinajstić information content (AvgIpc) is 2.62. The number of aliphatic hydroxyl groups is 1.